The van der Waals surface area contributed by atoms with E-state index in [1.807, 2.05) is 6.07 Å². The van der Waals surface area contributed by atoms with Crippen LogP contribution in [0.4, 0.5) is 0 Å². The Kier molecular flexibility index (Phi) is 4.51. The van der Waals surface area contributed by atoms with Gasteiger partial charge in [-0.15, -0.1) is 0 Å². The summed E-state index contributed by atoms with van der Waals surface area (Å²) in [5.74, 6) is 9.77. The van der Waals surface area contributed by atoms with Crippen molar-refractivity contribution >= 4 is 0 Å². The molecule has 21 heavy (non-hydrogen) atoms. The molecule has 1 fully saturated rings. The number of ether oxygens (including phenoxy) is 1. The third kappa shape index (κ3) is 3.24. The predicted octanol–water partition coefficient (Wildman–Crippen LogP) is 3.14. The van der Waals surface area contributed by atoms with Gasteiger partial charge in [0.05, 0.1) is 6.61 Å². The monoisotopic (exact) mass is 288 g/mol. The van der Waals surface area contributed by atoms with Crippen LogP contribution in [0, 0.1) is 23.7 Å². The fourth-order valence-corrected chi connectivity index (χ4v) is 4.54. The van der Waals surface area contributed by atoms with Crippen molar-refractivity contribution in [2.75, 3.05) is 6.61 Å². The second kappa shape index (κ2) is 6.37. The van der Waals surface area contributed by atoms with Crippen LogP contribution < -0.4 is 16.0 Å². The molecule has 1 aromatic carbocycles. The normalized spacial score (nSPS) is 33.9. The lowest BCUT2D eigenvalue weighted by atomic mass is 9.70. The molecule has 2 aliphatic rings. The molecule has 116 valence electrons. The summed E-state index contributed by atoms with van der Waals surface area (Å²) < 4.78 is 5.97. The molecule has 0 bridgehead atoms. The minimum absolute atomic E-state index is 0.364. The molecular formula is C18H28N2O. The van der Waals surface area contributed by atoms with Crippen molar-refractivity contribution in [2.45, 2.75) is 45.6 Å². The molecule has 3 rings (SSSR count). The van der Waals surface area contributed by atoms with Crippen molar-refractivity contribution in [3.63, 3.8) is 0 Å². The van der Waals surface area contributed by atoms with E-state index in [0.29, 0.717) is 17.9 Å². The second-order valence-corrected chi connectivity index (χ2v) is 7.25. The molecule has 4 unspecified atom stereocenters. The van der Waals surface area contributed by atoms with E-state index in [9.17, 15) is 0 Å². The van der Waals surface area contributed by atoms with Crippen molar-refractivity contribution in [3.05, 3.63) is 29.8 Å². The summed E-state index contributed by atoms with van der Waals surface area (Å²) in [4.78, 5) is 0. The Morgan fingerprint density at radius 3 is 2.52 bits per heavy atom. The molecule has 4 atom stereocenters. The van der Waals surface area contributed by atoms with Crippen LogP contribution in [-0.2, 0) is 6.42 Å². The average molecular weight is 288 g/mol. The SMILES string of the molecule is CC1CC(C)CC(C(NN)C2COc3ccccc3C2)C1. The number of benzene rings is 1. The maximum absolute atomic E-state index is 5.97. The first-order valence-corrected chi connectivity index (χ1v) is 8.34. The Balaban J connectivity index is 1.72. The lowest BCUT2D eigenvalue weighted by Crippen LogP contribution is -2.51. The number of hydrogen-bond donors (Lipinski definition) is 2. The molecule has 0 radical (unpaired) electrons. The Bertz CT molecular complexity index is 466. The van der Waals surface area contributed by atoms with E-state index in [1.165, 1.54) is 24.8 Å². The average Bonchev–Trinajstić information content (AvgIpc) is 2.47. The van der Waals surface area contributed by atoms with Crippen LogP contribution in [0.2, 0.25) is 0 Å². The third-order valence-corrected chi connectivity index (χ3v) is 5.33. The number of nitrogens with one attached hydrogen (secondary N) is 1. The lowest BCUT2D eigenvalue weighted by molar-refractivity contribution is 0.105. The summed E-state index contributed by atoms with van der Waals surface area (Å²) in [5.41, 5.74) is 4.46. The molecule has 1 saturated carbocycles. The first-order chi connectivity index (χ1) is 10.2. The highest BCUT2D eigenvalue weighted by Crippen LogP contribution is 2.38. The smallest absolute Gasteiger partial charge is 0.122 e. The van der Waals surface area contributed by atoms with E-state index in [0.717, 1.165) is 30.6 Å². The zero-order valence-corrected chi connectivity index (χ0v) is 13.2. The molecule has 0 saturated heterocycles. The van der Waals surface area contributed by atoms with Crippen LogP contribution >= 0.6 is 0 Å². The van der Waals surface area contributed by atoms with Gasteiger partial charge in [0.1, 0.15) is 5.75 Å². The van der Waals surface area contributed by atoms with Crippen LogP contribution in [0.25, 0.3) is 0 Å². The zero-order valence-electron chi connectivity index (χ0n) is 13.2. The fourth-order valence-electron chi connectivity index (χ4n) is 4.54. The van der Waals surface area contributed by atoms with Gasteiger partial charge in [0, 0.05) is 12.0 Å². The Labute approximate surface area is 128 Å². The van der Waals surface area contributed by atoms with Crippen molar-refractivity contribution in [1.82, 2.24) is 5.43 Å². The Morgan fingerprint density at radius 2 is 1.81 bits per heavy atom. The summed E-state index contributed by atoms with van der Waals surface area (Å²) in [6, 6.07) is 8.76. The quantitative estimate of drug-likeness (QED) is 0.663. The molecule has 1 aliphatic heterocycles. The largest absolute Gasteiger partial charge is 0.493 e. The zero-order chi connectivity index (χ0) is 14.8. The minimum Gasteiger partial charge on any atom is -0.493 e. The Hall–Kier alpha value is -1.06. The molecule has 3 heteroatoms. The van der Waals surface area contributed by atoms with Gasteiger partial charge in [-0.25, -0.2) is 0 Å². The van der Waals surface area contributed by atoms with E-state index < -0.39 is 0 Å². The molecule has 0 aromatic heterocycles. The minimum atomic E-state index is 0.364. The van der Waals surface area contributed by atoms with Crippen molar-refractivity contribution in [3.8, 4) is 5.75 Å². The van der Waals surface area contributed by atoms with E-state index in [4.69, 9.17) is 10.6 Å². The number of hydrazine groups is 1. The molecule has 3 nitrogen and oxygen atoms in total. The molecular weight excluding hydrogens is 260 g/mol. The summed E-state index contributed by atoms with van der Waals surface area (Å²) in [5, 5.41) is 0. The van der Waals surface area contributed by atoms with E-state index in [2.05, 4.69) is 37.5 Å². The Morgan fingerprint density at radius 1 is 1.10 bits per heavy atom. The van der Waals surface area contributed by atoms with Crippen LogP contribution in [0.3, 0.4) is 0 Å². The number of rotatable bonds is 3. The molecule has 3 N–H and O–H groups in total. The van der Waals surface area contributed by atoms with Gasteiger partial charge in [0.2, 0.25) is 0 Å². The standard InChI is InChI=1S/C18H28N2O/c1-12-7-13(2)9-15(8-12)18(20-19)16-10-14-5-3-4-6-17(14)21-11-16/h3-6,12-13,15-16,18,20H,7-11,19H2,1-2H3. The summed E-state index contributed by atoms with van der Waals surface area (Å²) in [7, 11) is 0. The topological polar surface area (TPSA) is 47.3 Å². The van der Waals surface area contributed by atoms with Gasteiger partial charge in [-0.05, 0) is 55.1 Å². The van der Waals surface area contributed by atoms with Gasteiger partial charge in [-0.1, -0.05) is 32.0 Å². The van der Waals surface area contributed by atoms with Crippen LogP contribution in [0.15, 0.2) is 24.3 Å². The summed E-state index contributed by atoms with van der Waals surface area (Å²) >= 11 is 0. The summed E-state index contributed by atoms with van der Waals surface area (Å²) in [6.07, 6.45) is 5.01. The van der Waals surface area contributed by atoms with Crippen LogP contribution in [0.1, 0.15) is 38.7 Å². The molecule has 0 spiro atoms. The number of fused-ring (bicyclic) bond motifs is 1. The summed E-state index contributed by atoms with van der Waals surface area (Å²) in [6.45, 7) is 5.54. The highest BCUT2D eigenvalue weighted by Gasteiger charge is 2.36. The maximum Gasteiger partial charge on any atom is 0.122 e. The molecule has 1 aliphatic carbocycles. The number of hydrogen-bond acceptors (Lipinski definition) is 3. The van der Waals surface area contributed by atoms with Gasteiger partial charge >= 0.3 is 0 Å². The van der Waals surface area contributed by atoms with Gasteiger partial charge < -0.3 is 4.74 Å². The molecule has 1 heterocycles. The van der Waals surface area contributed by atoms with E-state index >= 15 is 0 Å². The first kappa shape index (κ1) is 14.9. The lowest BCUT2D eigenvalue weighted by Gasteiger charge is -2.41. The van der Waals surface area contributed by atoms with Crippen molar-refractivity contribution < 1.29 is 4.74 Å². The second-order valence-electron chi connectivity index (χ2n) is 7.25. The van der Waals surface area contributed by atoms with Crippen molar-refractivity contribution in [1.29, 1.82) is 0 Å². The van der Waals surface area contributed by atoms with E-state index in [1.54, 1.807) is 0 Å². The van der Waals surface area contributed by atoms with Crippen LogP contribution in [0.5, 0.6) is 5.75 Å². The molecule has 1 aromatic rings. The van der Waals surface area contributed by atoms with Gasteiger partial charge in [0.25, 0.3) is 0 Å². The predicted molar refractivity (Wildman–Crippen MR) is 85.9 cm³/mol. The third-order valence-electron chi connectivity index (χ3n) is 5.33. The van der Waals surface area contributed by atoms with Gasteiger partial charge in [0.15, 0.2) is 0 Å². The van der Waals surface area contributed by atoms with Gasteiger partial charge in [-0.2, -0.15) is 0 Å². The maximum atomic E-state index is 5.97. The first-order valence-electron chi connectivity index (χ1n) is 8.34. The van der Waals surface area contributed by atoms with Crippen molar-refractivity contribution in [2.24, 2.45) is 29.5 Å². The number of para-hydroxylation sites is 1. The van der Waals surface area contributed by atoms with E-state index in [-0.39, 0.29) is 0 Å². The van der Waals surface area contributed by atoms with Crippen LogP contribution in [-0.4, -0.2) is 12.6 Å². The fraction of sp³-hybridized carbons (Fsp3) is 0.667. The molecule has 0 amide bonds. The highest BCUT2D eigenvalue weighted by molar-refractivity contribution is 5.35. The number of nitrogens with two attached hydrogens (primary N) is 1. The van der Waals surface area contributed by atoms with Gasteiger partial charge in [-0.3, -0.25) is 11.3 Å². The highest BCUT2D eigenvalue weighted by atomic mass is 16.5.